The molecule has 1 aliphatic rings. The summed E-state index contributed by atoms with van der Waals surface area (Å²) in [5.41, 5.74) is 7.08. The van der Waals surface area contributed by atoms with Gasteiger partial charge in [-0.2, -0.15) is 0 Å². The predicted molar refractivity (Wildman–Crippen MR) is 76.1 cm³/mol. The van der Waals surface area contributed by atoms with Crippen molar-refractivity contribution in [3.05, 3.63) is 0 Å². The lowest BCUT2D eigenvalue weighted by molar-refractivity contribution is 0.218. The molecule has 0 aromatic rings. The van der Waals surface area contributed by atoms with Crippen LogP contribution in [0.15, 0.2) is 0 Å². The van der Waals surface area contributed by atoms with Crippen LogP contribution < -0.4 is 5.73 Å². The number of hydrogen-bond donors (Lipinski definition) is 1. The van der Waals surface area contributed by atoms with Crippen LogP contribution in [0.1, 0.15) is 60.3 Å². The Morgan fingerprint density at radius 2 is 1.82 bits per heavy atom. The summed E-state index contributed by atoms with van der Waals surface area (Å²) in [4.78, 5) is 2.62. The highest BCUT2D eigenvalue weighted by Crippen LogP contribution is 2.37. The molecule has 2 heteroatoms. The highest BCUT2D eigenvalue weighted by Gasteiger charge is 2.34. The van der Waals surface area contributed by atoms with Crippen molar-refractivity contribution >= 4 is 0 Å². The molecule has 1 unspecified atom stereocenters. The summed E-state index contributed by atoms with van der Waals surface area (Å²) in [5, 5.41) is 0. The molecule has 1 aliphatic heterocycles. The molecular formula is C15H32N2. The van der Waals surface area contributed by atoms with Crippen molar-refractivity contribution in [2.24, 2.45) is 16.6 Å². The normalized spacial score (nSPS) is 22.9. The molecule has 0 bridgehead atoms. The maximum atomic E-state index is 6.23. The first-order valence-corrected chi connectivity index (χ1v) is 7.31. The molecule has 0 aliphatic carbocycles. The Labute approximate surface area is 108 Å². The minimum absolute atomic E-state index is 0.242. The van der Waals surface area contributed by atoms with Gasteiger partial charge in [0.25, 0.3) is 0 Å². The number of nitrogens with zero attached hydrogens (tertiary/aromatic N) is 1. The smallest absolute Gasteiger partial charge is 0.00998 e. The van der Waals surface area contributed by atoms with Crippen LogP contribution in [0.5, 0.6) is 0 Å². The van der Waals surface area contributed by atoms with Crippen molar-refractivity contribution in [1.82, 2.24) is 4.90 Å². The van der Waals surface area contributed by atoms with Crippen molar-refractivity contribution in [2.45, 2.75) is 66.3 Å². The summed E-state index contributed by atoms with van der Waals surface area (Å²) in [6.07, 6.45) is 5.16. The molecule has 1 rings (SSSR count). The van der Waals surface area contributed by atoms with Crippen molar-refractivity contribution < 1.29 is 0 Å². The standard InChI is InChI=1S/C15H32N2/c1-6-15(7-2)9-11-17(12-15)10-8-13(16)14(3,4)5/h13H,6-12,16H2,1-5H3. The van der Waals surface area contributed by atoms with Gasteiger partial charge in [0.05, 0.1) is 0 Å². The lowest BCUT2D eigenvalue weighted by atomic mass is 9.82. The van der Waals surface area contributed by atoms with E-state index in [9.17, 15) is 0 Å². The van der Waals surface area contributed by atoms with E-state index in [0.29, 0.717) is 11.5 Å². The molecule has 1 atom stereocenters. The fourth-order valence-electron chi connectivity index (χ4n) is 2.80. The highest BCUT2D eigenvalue weighted by molar-refractivity contribution is 4.88. The number of rotatable bonds is 5. The van der Waals surface area contributed by atoms with Gasteiger partial charge in [0, 0.05) is 12.6 Å². The third-order valence-corrected chi connectivity index (χ3v) is 4.89. The van der Waals surface area contributed by atoms with Crippen LogP contribution in [0.3, 0.4) is 0 Å². The average Bonchev–Trinajstić information content (AvgIpc) is 2.69. The second kappa shape index (κ2) is 5.71. The van der Waals surface area contributed by atoms with Gasteiger partial charge < -0.3 is 10.6 Å². The largest absolute Gasteiger partial charge is 0.327 e. The van der Waals surface area contributed by atoms with E-state index < -0.39 is 0 Å². The Hall–Kier alpha value is -0.0800. The minimum Gasteiger partial charge on any atom is -0.327 e. The first kappa shape index (κ1) is 15.0. The van der Waals surface area contributed by atoms with Gasteiger partial charge in [-0.15, -0.1) is 0 Å². The monoisotopic (exact) mass is 240 g/mol. The van der Waals surface area contributed by atoms with E-state index in [0.717, 1.165) is 6.42 Å². The predicted octanol–water partition coefficient (Wildman–Crippen LogP) is 3.26. The van der Waals surface area contributed by atoms with E-state index in [1.807, 2.05) is 0 Å². The summed E-state index contributed by atoms with van der Waals surface area (Å²) in [5.74, 6) is 0. The second-order valence-corrected chi connectivity index (χ2v) is 6.99. The molecule has 102 valence electrons. The molecule has 1 fully saturated rings. The van der Waals surface area contributed by atoms with Crippen LogP contribution in [0, 0.1) is 10.8 Å². The number of likely N-dealkylation sites (tertiary alicyclic amines) is 1. The highest BCUT2D eigenvalue weighted by atomic mass is 15.2. The molecule has 2 N–H and O–H groups in total. The van der Waals surface area contributed by atoms with Crippen LogP contribution in [-0.4, -0.2) is 30.6 Å². The fraction of sp³-hybridized carbons (Fsp3) is 1.00. The van der Waals surface area contributed by atoms with Crippen LogP contribution in [0.25, 0.3) is 0 Å². The molecule has 0 saturated carbocycles. The third-order valence-electron chi connectivity index (χ3n) is 4.89. The summed E-state index contributed by atoms with van der Waals surface area (Å²) in [7, 11) is 0. The van der Waals surface area contributed by atoms with Gasteiger partial charge in [-0.3, -0.25) is 0 Å². The van der Waals surface area contributed by atoms with Crippen LogP contribution >= 0.6 is 0 Å². The van der Waals surface area contributed by atoms with E-state index in [1.165, 1.54) is 38.9 Å². The zero-order valence-corrected chi connectivity index (χ0v) is 12.6. The van der Waals surface area contributed by atoms with E-state index in [1.54, 1.807) is 0 Å². The first-order valence-electron chi connectivity index (χ1n) is 7.31. The van der Waals surface area contributed by atoms with E-state index in [-0.39, 0.29) is 5.41 Å². The summed E-state index contributed by atoms with van der Waals surface area (Å²) in [6.45, 7) is 15.1. The van der Waals surface area contributed by atoms with Crippen LogP contribution in [0.2, 0.25) is 0 Å². The zero-order valence-electron chi connectivity index (χ0n) is 12.6. The molecule has 1 heterocycles. The van der Waals surface area contributed by atoms with Crippen molar-refractivity contribution in [3.8, 4) is 0 Å². The summed E-state index contributed by atoms with van der Waals surface area (Å²) < 4.78 is 0. The Kier molecular flexibility index (Phi) is 5.03. The Bertz CT molecular complexity index is 226. The Morgan fingerprint density at radius 3 is 2.24 bits per heavy atom. The van der Waals surface area contributed by atoms with Crippen LogP contribution in [-0.2, 0) is 0 Å². The lowest BCUT2D eigenvalue weighted by Crippen LogP contribution is -2.38. The van der Waals surface area contributed by atoms with Crippen LogP contribution in [0.4, 0.5) is 0 Å². The molecule has 0 aromatic heterocycles. The molecule has 17 heavy (non-hydrogen) atoms. The van der Waals surface area contributed by atoms with Gasteiger partial charge in [0.1, 0.15) is 0 Å². The number of hydrogen-bond acceptors (Lipinski definition) is 2. The van der Waals surface area contributed by atoms with E-state index in [4.69, 9.17) is 5.73 Å². The van der Waals surface area contributed by atoms with Gasteiger partial charge in [0.15, 0.2) is 0 Å². The SMILES string of the molecule is CCC1(CC)CCN(CCC(N)C(C)(C)C)C1. The van der Waals surface area contributed by atoms with Crippen molar-refractivity contribution in [1.29, 1.82) is 0 Å². The average molecular weight is 240 g/mol. The topological polar surface area (TPSA) is 29.3 Å². The molecule has 0 amide bonds. The third kappa shape index (κ3) is 3.96. The quantitative estimate of drug-likeness (QED) is 0.799. The molecule has 1 saturated heterocycles. The lowest BCUT2D eigenvalue weighted by Gasteiger charge is -2.30. The molecule has 0 spiro atoms. The van der Waals surface area contributed by atoms with Crippen molar-refractivity contribution in [3.63, 3.8) is 0 Å². The zero-order chi connectivity index (χ0) is 13.1. The van der Waals surface area contributed by atoms with E-state index >= 15 is 0 Å². The summed E-state index contributed by atoms with van der Waals surface area (Å²) >= 11 is 0. The second-order valence-electron chi connectivity index (χ2n) is 6.99. The van der Waals surface area contributed by atoms with Gasteiger partial charge in [-0.25, -0.2) is 0 Å². The maximum absolute atomic E-state index is 6.23. The van der Waals surface area contributed by atoms with Gasteiger partial charge in [-0.1, -0.05) is 34.6 Å². The van der Waals surface area contributed by atoms with Gasteiger partial charge in [-0.05, 0) is 49.6 Å². The molecular weight excluding hydrogens is 208 g/mol. The Balaban J connectivity index is 2.36. The molecule has 2 nitrogen and oxygen atoms in total. The summed E-state index contributed by atoms with van der Waals surface area (Å²) in [6, 6.07) is 0.320. The molecule has 0 radical (unpaired) electrons. The maximum Gasteiger partial charge on any atom is 0.00998 e. The van der Waals surface area contributed by atoms with Crippen molar-refractivity contribution in [2.75, 3.05) is 19.6 Å². The number of nitrogens with two attached hydrogens (primary N) is 1. The first-order chi connectivity index (χ1) is 7.83. The van der Waals surface area contributed by atoms with Gasteiger partial charge in [0.2, 0.25) is 0 Å². The minimum atomic E-state index is 0.242. The van der Waals surface area contributed by atoms with Gasteiger partial charge >= 0.3 is 0 Å². The Morgan fingerprint density at radius 1 is 1.24 bits per heavy atom. The fourth-order valence-corrected chi connectivity index (χ4v) is 2.80. The van der Waals surface area contributed by atoms with E-state index in [2.05, 4.69) is 39.5 Å². The molecule has 0 aromatic carbocycles.